The first kappa shape index (κ1) is 11.7. The highest BCUT2D eigenvalue weighted by Gasteiger charge is 2.67. The smallest absolute Gasteiger partial charge is 0.234 e. The van der Waals surface area contributed by atoms with Crippen molar-refractivity contribution in [1.29, 1.82) is 0 Å². The van der Waals surface area contributed by atoms with Crippen LogP contribution in [0.4, 0.5) is 5.82 Å². The highest BCUT2D eigenvalue weighted by atomic mass is 35.5. The number of aryl methyl sites for hydroxylation is 1. The number of alkyl halides is 2. The van der Waals surface area contributed by atoms with E-state index < -0.39 is 9.75 Å². The van der Waals surface area contributed by atoms with Crippen LogP contribution in [-0.2, 0) is 4.79 Å². The number of carbonyl (C=O) groups excluding carboxylic acids is 1. The number of halogens is 2. The fraction of sp³-hybridized carbons (Fsp3) is 0.455. The molecule has 1 amide bonds. The van der Waals surface area contributed by atoms with Crippen LogP contribution in [0.3, 0.4) is 0 Å². The molecule has 1 aliphatic carbocycles. The maximum atomic E-state index is 11.9. The summed E-state index contributed by atoms with van der Waals surface area (Å²) in [7, 11) is 0. The summed E-state index contributed by atoms with van der Waals surface area (Å²) in [6.45, 7) is 3.68. The number of hydrogen-bond donors (Lipinski definition) is 1. The van der Waals surface area contributed by atoms with Crippen LogP contribution < -0.4 is 5.32 Å². The van der Waals surface area contributed by atoms with E-state index in [1.807, 2.05) is 13.0 Å². The van der Waals surface area contributed by atoms with Crippen molar-refractivity contribution in [2.24, 2.45) is 5.41 Å². The highest BCUT2D eigenvalue weighted by molar-refractivity contribution is 6.53. The molecule has 1 N–H and O–H groups in total. The number of nitrogens with one attached hydrogen (secondary N) is 1. The molecule has 1 atom stereocenters. The zero-order chi connectivity index (χ0) is 12.0. The van der Waals surface area contributed by atoms with Crippen LogP contribution in [0.15, 0.2) is 18.3 Å². The van der Waals surface area contributed by atoms with Gasteiger partial charge < -0.3 is 5.32 Å². The predicted octanol–water partition coefficient (Wildman–Crippen LogP) is 2.91. The van der Waals surface area contributed by atoms with Crippen molar-refractivity contribution in [3.8, 4) is 0 Å². The fourth-order valence-electron chi connectivity index (χ4n) is 1.51. The zero-order valence-electron chi connectivity index (χ0n) is 9.05. The van der Waals surface area contributed by atoms with Crippen LogP contribution in [0, 0.1) is 12.3 Å². The van der Waals surface area contributed by atoms with Gasteiger partial charge in [0.05, 0.1) is 5.41 Å². The Morgan fingerprint density at radius 1 is 1.56 bits per heavy atom. The van der Waals surface area contributed by atoms with Gasteiger partial charge in [0.25, 0.3) is 0 Å². The summed E-state index contributed by atoms with van der Waals surface area (Å²) >= 11 is 11.8. The summed E-state index contributed by atoms with van der Waals surface area (Å²) in [4.78, 5) is 16.0. The van der Waals surface area contributed by atoms with E-state index in [2.05, 4.69) is 10.3 Å². The normalized spacial score (nSPS) is 26.2. The lowest BCUT2D eigenvalue weighted by Gasteiger charge is -2.12. The van der Waals surface area contributed by atoms with Gasteiger partial charge in [0, 0.05) is 6.20 Å². The van der Waals surface area contributed by atoms with Crippen LogP contribution >= 0.6 is 23.2 Å². The van der Waals surface area contributed by atoms with Crippen LogP contribution in [0.1, 0.15) is 18.9 Å². The van der Waals surface area contributed by atoms with Crippen molar-refractivity contribution >= 4 is 34.9 Å². The third-order valence-electron chi connectivity index (χ3n) is 2.92. The first-order valence-corrected chi connectivity index (χ1v) is 5.73. The van der Waals surface area contributed by atoms with Crippen LogP contribution in [0.5, 0.6) is 0 Å². The van der Waals surface area contributed by atoms with E-state index in [0.717, 1.165) is 5.56 Å². The first-order chi connectivity index (χ1) is 7.35. The molecule has 3 nitrogen and oxygen atoms in total. The van der Waals surface area contributed by atoms with E-state index in [1.165, 1.54) is 0 Å². The Morgan fingerprint density at radius 3 is 2.69 bits per heavy atom. The molecule has 86 valence electrons. The molecule has 1 aromatic heterocycles. The highest BCUT2D eigenvalue weighted by Crippen LogP contribution is 2.64. The number of carbonyl (C=O) groups is 1. The minimum absolute atomic E-state index is 0.185. The van der Waals surface area contributed by atoms with Crippen LogP contribution in [0.25, 0.3) is 0 Å². The van der Waals surface area contributed by atoms with E-state index in [4.69, 9.17) is 23.2 Å². The lowest BCUT2D eigenvalue weighted by atomic mass is 10.1. The second-order valence-corrected chi connectivity index (χ2v) is 5.87. The van der Waals surface area contributed by atoms with Crippen LogP contribution in [-0.4, -0.2) is 15.2 Å². The van der Waals surface area contributed by atoms with E-state index in [-0.39, 0.29) is 5.91 Å². The van der Waals surface area contributed by atoms with Crippen molar-refractivity contribution in [1.82, 2.24) is 4.98 Å². The molecular formula is C11H12Cl2N2O. The monoisotopic (exact) mass is 258 g/mol. The molecule has 0 bridgehead atoms. The van der Waals surface area contributed by atoms with Gasteiger partial charge in [0.15, 0.2) is 0 Å². The number of pyridine rings is 1. The molecule has 0 spiro atoms. The van der Waals surface area contributed by atoms with Crippen molar-refractivity contribution in [2.75, 3.05) is 5.32 Å². The van der Waals surface area contributed by atoms with Gasteiger partial charge in [-0.25, -0.2) is 4.98 Å². The van der Waals surface area contributed by atoms with Gasteiger partial charge in [-0.3, -0.25) is 4.79 Å². The SMILES string of the molecule is Cc1ccnc(NC(=O)[C@@]2(C)CC2(Cl)Cl)c1. The molecule has 1 fully saturated rings. The van der Waals surface area contributed by atoms with E-state index >= 15 is 0 Å². The molecule has 2 rings (SSSR count). The zero-order valence-corrected chi connectivity index (χ0v) is 10.6. The standard InChI is InChI=1S/C11H12Cl2N2O/c1-7-3-4-14-8(5-7)15-9(16)10(2)6-11(10,12)13/h3-5H,6H2,1-2H3,(H,14,15,16)/t10-/m1/s1. The summed E-state index contributed by atoms with van der Waals surface area (Å²) in [6, 6.07) is 3.66. The van der Waals surface area contributed by atoms with Gasteiger partial charge in [0.2, 0.25) is 5.91 Å². The Morgan fingerprint density at radius 2 is 2.19 bits per heavy atom. The number of rotatable bonds is 2. The van der Waals surface area contributed by atoms with Crippen molar-refractivity contribution in [3.63, 3.8) is 0 Å². The number of amides is 1. The summed E-state index contributed by atoms with van der Waals surface area (Å²) in [5.41, 5.74) is 0.330. The van der Waals surface area contributed by atoms with Gasteiger partial charge in [-0.15, -0.1) is 23.2 Å². The number of hydrogen-bond acceptors (Lipinski definition) is 2. The van der Waals surface area contributed by atoms with Crippen molar-refractivity contribution < 1.29 is 4.79 Å². The third-order valence-corrected chi connectivity index (χ3v) is 4.02. The van der Waals surface area contributed by atoms with Gasteiger partial charge in [0.1, 0.15) is 10.2 Å². The summed E-state index contributed by atoms with van der Waals surface area (Å²) in [5.74, 6) is 0.345. The minimum atomic E-state index is -0.944. The summed E-state index contributed by atoms with van der Waals surface area (Å²) < 4.78 is -0.944. The quantitative estimate of drug-likeness (QED) is 0.830. The number of anilines is 1. The Balaban J connectivity index is 2.10. The van der Waals surface area contributed by atoms with Gasteiger partial charge in [-0.05, 0) is 38.0 Å². The minimum Gasteiger partial charge on any atom is -0.310 e. The first-order valence-electron chi connectivity index (χ1n) is 4.97. The lowest BCUT2D eigenvalue weighted by molar-refractivity contribution is -0.120. The van der Waals surface area contributed by atoms with Gasteiger partial charge >= 0.3 is 0 Å². The van der Waals surface area contributed by atoms with Gasteiger partial charge in [-0.2, -0.15) is 0 Å². The van der Waals surface area contributed by atoms with E-state index in [9.17, 15) is 4.79 Å². The second kappa shape index (κ2) is 3.60. The fourth-order valence-corrected chi connectivity index (χ4v) is 2.21. The van der Waals surface area contributed by atoms with E-state index in [0.29, 0.717) is 12.2 Å². The Hall–Kier alpha value is -0.800. The molecule has 5 heteroatoms. The summed E-state index contributed by atoms with van der Waals surface area (Å²) in [6.07, 6.45) is 2.12. The largest absolute Gasteiger partial charge is 0.310 e. The molecule has 0 aromatic carbocycles. The van der Waals surface area contributed by atoms with Crippen molar-refractivity contribution in [2.45, 2.75) is 24.6 Å². The molecular weight excluding hydrogens is 247 g/mol. The molecule has 16 heavy (non-hydrogen) atoms. The molecule has 0 unspecified atom stereocenters. The van der Waals surface area contributed by atoms with Crippen molar-refractivity contribution in [3.05, 3.63) is 23.9 Å². The molecule has 1 heterocycles. The van der Waals surface area contributed by atoms with Gasteiger partial charge in [-0.1, -0.05) is 0 Å². The Kier molecular flexibility index (Phi) is 2.63. The molecule has 1 aliphatic rings. The molecule has 1 saturated carbocycles. The molecule has 0 radical (unpaired) electrons. The Labute approximate surface area is 104 Å². The number of nitrogens with zero attached hydrogens (tertiary/aromatic N) is 1. The summed E-state index contributed by atoms with van der Waals surface area (Å²) in [5, 5.41) is 2.72. The molecule has 0 saturated heterocycles. The average Bonchev–Trinajstić information content (AvgIpc) is 2.67. The van der Waals surface area contributed by atoms with Crippen LogP contribution in [0.2, 0.25) is 0 Å². The Bertz CT molecular complexity index is 447. The predicted molar refractivity (Wildman–Crippen MR) is 64.8 cm³/mol. The van der Waals surface area contributed by atoms with E-state index in [1.54, 1.807) is 19.2 Å². The second-order valence-electron chi connectivity index (χ2n) is 4.39. The topological polar surface area (TPSA) is 42.0 Å². The number of aromatic nitrogens is 1. The maximum Gasteiger partial charge on any atom is 0.234 e. The maximum absolute atomic E-state index is 11.9. The average molecular weight is 259 g/mol. The molecule has 0 aliphatic heterocycles. The third kappa shape index (κ3) is 1.89. The lowest BCUT2D eigenvalue weighted by Crippen LogP contribution is -2.26. The molecule has 1 aromatic rings.